The van der Waals surface area contributed by atoms with Crippen molar-refractivity contribution in [3.8, 4) is 0 Å². The highest BCUT2D eigenvalue weighted by atomic mass is 79.9. The first-order valence-electron chi connectivity index (χ1n) is 6.87. The van der Waals surface area contributed by atoms with Gasteiger partial charge >= 0.3 is 0 Å². The molecule has 0 heterocycles. The molecule has 20 heavy (non-hydrogen) atoms. The second-order valence-electron chi connectivity index (χ2n) is 4.70. The predicted octanol–water partition coefficient (Wildman–Crippen LogP) is 5.06. The zero-order chi connectivity index (χ0) is 14.4. The van der Waals surface area contributed by atoms with Gasteiger partial charge in [0, 0.05) is 21.2 Å². The summed E-state index contributed by atoms with van der Waals surface area (Å²) in [7, 11) is 2.03. The van der Waals surface area contributed by atoms with E-state index in [1.54, 1.807) is 0 Å². The van der Waals surface area contributed by atoms with Gasteiger partial charge in [-0.3, -0.25) is 0 Å². The third-order valence-electron chi connectivity index (χ3n) is 3.34. The summed E-state index contributed by atoms with van der Waals surface area (Å²) in [4.78, 5) is 1.31. The predicted molar refractivity (Wildman–Crippen MR) is 92.5 cm³/mol. The molecule has 0 aliphatic rings. The van der Waals surface area contributed by atoms with Crippen LogP contribution >= 0.6 is 27.7 Å². The van der Waals surface area contributed by atoms with Crippen molar-refractivity contribution < 1.29 is 0 Å². The zero-order valence-corrected chi connectivity index (χ0v) is 14.3. The van der Waals surface area contributed by atoms with Gasteiger partial charge in [-0.1, -0.05) is 47.1 Å². The molecule has 2 rings (SSSR count). The van der Waals surface area contributed by atoms with Crippen molar-refractivity contribution in [1.29, 1.82) is 0 Å². The fourth-order valence-corrected chi connectivity index (χ4v) is 3.40. The third kappa shape index (κ3) is 4.37. The van der Waals surface area contributed by atoms with E-state index in [9.17, 15) is 0 Å². The molecule has 0 amide bonds. The summed E-state index contributed by atoms with van der Waals surface area (Å²) in [6, 6.07) is 17.7. The molecule has 1 nitrogen and oxygen atoms in total. The highest BCUT2D eigenvalue weighted by molar-refractivity contribution is 9.10. The Bertz CT molecular complexity index is 539. The summed E-state index contributed by atoms with van der Waals surface area (Å²) >= 11 is 5.36. The highest BCUT2D eigenvalue weighted by Crippen LogP contribution is 2.26. The molecule has 0 saturated heterocycles. The Morgan fingerprint density at radius 1 is 1.15 bits per heavy atom. The van der Waals surface area contributed by atoms with Gasteiger partial charge in [0.25, 0.3) is 0 Å². The Hall–Kier alpha value is -0.770. The van der Waals surface area contributed by atoms with Crippen molar-refractivity contribution in [1.82, 2.24) is 5.32 Å². The number of halogens is 1. The first-order valence-corrected chi connectivity index (χ1v) is 8.65. The largest absolute Gasteiger partial charge is 0.312 e. The smallest absolute Gasteiger partial charge is 0.0413 e. The molecule has 0 fully saturated rings. The van der Waals surface area contributed by atoms with E-state index < -0.39 is 0 Å². The Balaban J connectivity index is 2.03. The van der Waals surface area contributed by atoms with Crippen LogP contribution in [0.5, 0.6) is 0 Å². The molecule has 0 aliphatic heterocycles. The van der Waals surface area contributed by atoms with E-state index in [4.69, 9.17) is 0 Å². The van der Waals surface area contributed by atoms with Gasteiger partial charge in [-0.05, 0) is 48.9 Å². The van der Waals surface area contributed by atoms with Gasteiger partial charge in [-0.2, -0.15) is 0 Å². The molecule has 0 bridgehead atoms. The van der Waals surface area contributed by atoms with Crippen molar-refractivity contribution in [2.75, 3.05) is 12.8 Å². The molecule has 1 unspecified atom stereocenters. The fourth-order valence-electron chi connectivity index (χ4n) is 2.09. The molecule has 1 atom stereocenters. The maximum absolute atomic E-state index is 3.47. The number of hydrogen-bond donors (Lipinski definition) is 1. The van der Waals surface area contributed by atoms with Crippen molar-refractivity contribution in [2.45, 2.75) is 24.3 Å². The average Bonchev–Trinajstić information content (AvgIpc) is 2.50. The number of aryl methyl sites for hydroxylation is 1. The molecule has 2 aromatic carbocycles. The fraction of sp³-hybridized carbons (Fsp3) is 0.294. The second-order valence-corrected chi connectivity index (χ2v) is 6.71. The van der Waals surface area contributed by atoms with Crippen LogP contribution in [0.4, 0.5) is 0 Å². The molecular formula is C17H20BrNS. The Morgan fingerprint density at radius 3 is 2.55 bits per heavy atom. The summed E-state index contributed by atoms with van der Waals surface area (Å²) in [5, 5.41) is 3.42. The van der Waals surface area contributed by atoms with E-state index in [1.807, 2.05) is 18.8 Å². The van der Waals surface area contributed by atoms with E-state index in [0.717, 1.165) is 16.6 Å². The van der Waals surface area contributed by atoms with Gasteiger partial charge in [0.1, 0.15) is 0 Å². The van der Waals surface area contributed by atoms with E-state index in [1.165, 1.54) is 16.0 Å². The lowest BCUT2D eigenvalue weighted by atomic mass is 10.0. The van der Waals surface area contributed by atoms with Crippen LogP contribution in [0.2, 0.25) is 0 Å². The first-order chi connectivity index (χ1) is 9.72. The average molecular weight is 350 g/mol. The van der Waals surface area contributed by atoms with Crippen LogP contribution < -0.4 is 5.32 Å². The topological polar surface area (TPSA) is 12.0 Å². The van der Waals surface area contributed by atoms with Crippen LogP contribution in [0.15, 0.2) is 57.9 Å². The van der Waals surface area contributed by atoms with Gasteiger partial charge in [-0.25, -0.2) is 0 Å². The van der Waals surface area contributed by atoms with E-state index >= 15 is 0 Å². The van der Waals surface area contributed by atoms with Gasteiger partial charge in [0.2, 0.25) is 0 Å². The van der Waals surface area contributed by atoms with Crippen molar-refractivity contribution in [3.05, 3.63) is 64.1 Å². The lowest BCUT2D eigenvalue weighted by Crippen LogP contribution is -2.18. The minimum Gasteiger partial charge on any atom is -0.312 e. The second kappa shape index (κ2) is 7.87. The lowest BCUT2D eigenvalue weighted by molar-refractivity contribution is 0.661. The molecular weight excluding hydrogens is 330 g/mol. The number of hydrogen-bond acceptors (Lipinski definition) is 2. The van der Waals surface area contributed by atoms with E-state index in [2.05, 4.69) is 76.7 Å². The molecule has 0 spiro atoms. The maximum atomic E-state index is 3.47. The quantitative estimate of drug-likeness (QED) is 0.731. The molecule has 0 saturated carbocycles. The first kappa shape index (κ1) is 15.6. The lowest BCUT2D eigenvalue weighted by Gasteiger charge is -2.17. The summed E-state index contributed by atoms with van der Waals surface area (Å²) in [5.41, 5.74) is 2.77. The minimum absolute atomic E-state index is 0.384. The Morgan fingerprint density at radius 2 is 1.90 bits per heavy atom. The van der Waals surface area contributed by atoms with Crippen molar-refractivity contribution >= 4 is 27.7 Å². The van der Waals surface area contributed by atoms with Crippen LogP contribution in [0.3, 0.4) is 0 Å². The van der Waals surface area contributed by atoms with Gasteiger partial charge in [0.05, 0.1) is 0 Å². The van der Waals surface area contributed by atoms with Crippen LogP contribution in [-0.2, 0) is 6.42 Å². The summed E-state index contributed by atoms with van der Waals surface area (Å²) in [6.45, 7) is 2.20. The highest BCUT2D eigenvalue weighted by Gasteiger charge is 2.10. The molecule has 2 aromatic rings. The number of thioether (sulfide) groups is 1. The van der Waals surface area contributed by atoms with Crippen LogP contribution in [0.1, 0.15) is 24.1 Å². The monoisotopic (exact) mass is 349 g/mol. The number of benzene rings is 2. The van der Waals surface area contributed by atoms with E-state index in [-0.39, 0.29) is 0 Å². The maximum Gasteiger partial charge on any atom is 0.0413 e. The molecule has 0 aliphatic carbocycles. The molecule has 3 heteroatoms. The van der Waals surface area contributed by atoms with Crippen molar-refractivity contribution in [2.24, 2.45) is 0 Å². The summed E-state index contributed by atoms with van der Waals surface area (Å²) in [6.07, 6.45) is 1.09. The summed E-state index contributed by atoms with van der Waals surface area (Å²) in [5.74, 6) is 1.03. The molecule has 1 N–H and O–H groups in total. The summed E-state index contributed by atoms with van der Waals surface area (Å²) < 4.78 is 1.13. The number of nitrogens with one attached hydrogen (secondary N) is 1. The van der Waals surface area contributed by atoms with E-state index in [0.29, 0.717) is 6.04 Å². The Labute approximate surface area is 134 Å². The standard InChI is InChI=1S/C17H20BrNS/c1-3-13-5-4-6-14(11-13)17(19-2)12-20-16-9-7-15(18)8-10-16/h4-11,17,19H,3,12H2,1-2H3. The van der Waals surface area contributed by atoms with Gasteiger partial charge in [0.15, 0.2) is 0 Å². The molecule has 106 valence electrons. The minimum atomic E-state index is 0.384. The molecule has 0 radical (unpaired) electrons. The van der Waals surface area contributed by atoms with Gasteiger partial charge < -0.3 is 5.32 Å². The molecule has 0 aromatic heterocycles. The van der Waals surface area contributed by atoms with Crippen LogP contribution in [-0.4, -0.2) is 12.8 Å². The van der Waals surface area contributed by atoms with Crippen LogP contribution in [0, 0.1) is 0 Å². The van der Waals surface area contributed by atoms with Crippen LogP contribution in [0.25, 0.3) is 0 Å². The van der Waals surface area contributed by atoms with Gasteiger partial charge in [-0.15, -0.1) is 11.8 Å². The zero-order valence-electron chi connectivity index (χ0n) is 11.9. The normalized spacial score (nSPS) is 12.3. The Kier molecular flexibility index (Phi) is 6.14. The third-order valence-corrected chi connectivity index (χ3v) is 4.97. The SMILES string of the molecule is CCc1cccc(C(CSc2ccc(Br)cc2)NC)c1. The van der Waals surface area contributed by atoms with Crippen molar-refractivity contribution in [3.63, 3.8) is 0 Å². The number of rotatable bonds is 6.